The van der Waals surface area contributed by atoms with E-state index >= 15 is 0 Å². The number of nitrogens with zero attached hydrogens (tertiary/aromatic N) is 3. The Balaban J connectivity index is 3.07. The van der Waals surface area contributed by atoms with Crippen LogP contribution in [0.1, 0.15) is 20.8 Å². The fraction of sp³-hybridized carbons (Fsp3) is 0.500. The summed E-state index contributed by atoms with van der Waals surface area (Å²) in [6.45, 7) is 5.94. The highest BCUT2D eigenvalue weighted by atomic mass is 35.5. The summed E-state index contributed by atoms with van der Waals surface area (Å²) < 4.78 is 1.44. The zero-order chi connectivity index (χ0) is 10.1. The predicted octanol–water partition coefficient (Wildman–Crippen LogP) is 2.93. The minimum absolute atomic E-state index is 0.176. The van der Waals surface area contributed by atoms with Crippen LogP contribution in [0.3, 0.4) is 0 Å². The van der Waals surface area contributed by atoms with Crippen LogP contribution in [-0.4, -0.2) is 14.8 Å². The lowest BCUT2D eigenvalue weighted by molar-refractivity contribution is 0.530. The molecule has 13 heavy (non-hydrogen) atoms. The van der Waals surface area contributed by atoms with Crippen LogP contribution in [0.4, 0.5) is 0 Å². The van der Waals surface area contributed by atoms with Crippen LogP contribution in [0.25, 0.3) is 5.16 Å². The van der Waals surface area contributed by atoms with Gasteiger partial charge in [-0.25, -0.2) is 9.67 Å². The van der Waals surface area contributed by atoms with Crippen LogP contribution < -0.4 is 0 Å². The normalized spacial score (nSPS) is 14.2. The van der Waals surface area contributed by atoms with Gasteiger partial charge in [-0.1, -0.05) is 44.0 Å². The van der Waals surface area contributed by atoms with E-state index in [1.54, 1.807) is 0 Å². The molecule has 0 atom stereocenters. The fourth-order valence-electron chi connectivity index (χ4n) is 0.720. The summed E-state index contributed by atoms with van der Waals surface area (Å²) in [5.41, 5.74) is -0.176. The highest BCUT2D eigenvalue weighted by Crippen LogP contribution is 2.34. The summed E-state index contributed by atoms with van der Waals surface area (Å²) in [5, 5.41) is 4.85. The molecule has 0 aromatic carbocycles. The first kappa shape index (κ1) is 10.5. The third-order valence-electron chi connectivity index (χ3n) is 1.46. The topological polar surface area (TPSA) is 30.7 Å². The molecule has 0 saturated heterocycles. The van der Waals surface area contributed by atoms with E-state index in [9.17, 15) is 0 Å². The average Bonchev–Trinajstić information content (AvgIpc) is 2.51. The molecule has 1 rings (SSSR count). The van der Waals surface area contributed by atoms with Gasteiger partial charge in [0.2, 0.25) is 0 Å². The van der Waals surface area contributed by atoms with Gasteiger partial charge in [0.1, 0.15) is 17.8 Å². The Labute approximate surface area is 87.4 Å². The van der Waals surface area contributed by atoms with Gasteiger partial charge in [-0.15, -0.1) is 0 Å². The highest BCUT2D eigenvalue weighted by Gasteiger charge is 2.19. The molecule has 0 fully saturated rings. The molecule has 3 nitrogen and oxygen atoms in total. The molecule has 0 saturated carbocycles. The second-order valence-electron chi connectivity index (χ2n) is 3.69. The van der Waals surface area contributed by atoms with Gasteiger partial charge in [0.05, 0.1) is 5.03 Å². The second-order valence-corrected chi connectivity index (χ2v) is 4.43. The van der Waals surface area contributed by atoms with Crippen molar-refractivity contribution in [3.05, 3.63) is 17.7 Å². The largest absolute Gasteiger partial charge is 0.223 e. The highest BCUT2D eigenvalue weighted by molar-refractivity contribution is 6.51. The van der Waals surface area contributed by atoms with Gasteiger partial charge in [-0.05, 0) is 0 Å². The average molecular weight is 220 g/mol. The minimum Gasteiger partial charge on any atom is -0.223 e. The van der Waals surface area contributed by atoms with E-state index in [-0.39, 0.29) is 5.41 Å². The number of hydrogen-bond donors (Lipinski definition) is 0. The molecule has 0 radical (unpaired) electrons. The maximum atomic E-state index is 6.06. The van der Waals surface area contributed by atoms with Crippen LogP contribution in [0, 0.1) is 5.41 Å². The first-order valence-corrected chi connectivity index (χ1v) is 4.59. The smallest absolute Gasteiger partial charge is 0.147 e. The maximum absolute atomic E-state index is 6.06. The lowest BCUT2D eigenvalue weighted by Crippen LogP contribution is -2.08. The van der Waals surface area contributed by atoms with Gasteiger partial charge in [0.25, 0.3) is 0 Å². The Kier molecular flexibility index (Phi) is 2.98. The van der Waals surface area contributed by atoms with E-state index in [4.69, 9.17) is 23.2 Å². The molecule has 1 heterocycles. The molecular formula is C8H11Cl2N3. The van der Waals surface area contributed by atoms with Crippen LogP contribution in [0.5, 0.6) is 0 Å². The van der Waals surface area contributed by atoms with E-state index in [0.717, 1.165) is 0 Å². The molecule has 0 aliphatic carbocycles. The number of allylic oxidation sites excluding steroid dienone is 1. The van der Waals surface area contributed by atoms with Crippen molar-refractivity contribution in [2.24, 2.45) is 5.41 Å². The minimum atomic E-state index is -0.176. The van der Waals surface area contributed by atoms with Gasteiger partial charge in [0, 0.05) is 5.41 Å². The molecule has 0 aliphatic heterocycles. The molecule has 0 spiro atoms. The molecule has 0 bridgehead atoms. The number of rotatable bonds is 1. The molecule has 72 valence electrons. The summed E-state index contributed by atoms with van der Waals surface area (Å²) in [6.07, 6.45) is 2.92. The Morgan fingerprint density at radius 2 is 1.92 bits per heavy atom. The number of hydrogen-bond acceptors (Lipinski definition) is 2. The third kappa shape index (κ3) is 2.45. The second kappa shape index (κ2) is 3.68. The van der Waals surface area contributed by atoms with E-state index in [1.165, 1.54) is 17.3 Å². The molecule has 0 unspecified atom stereocenters. The summed E-state index contributed by atoms with van der Waals surface area (Å²) in [5.74, 6) is 0. The van der Waals surface area contributed by atoms with E-state index < -0.39 is 0 Å². The third-order valence-corrected chi connectivity index (χ3v) is 2.66. The van der Waals surface area contributed by atoms with Crippen LogP contribution >= 0.6 is 23.2 Å². The van der Waals surface area contributed by atoms with Crippen LogP contribution in [-0.2, 0) is 0 Å². The van der Waals surface area contributed by atoms with Crippen LogP contribution in [0.2, 0.25) is 0 Å². The predicted molar refractivity (Wildman–Crippen MR) is 54.4 cm³/mol. The summed E-state index contributed by atoms with van der Waals surface area (Å²) in [4.78, 5) is 3.78. The Morgan fingerprint density at radius 3 is 2.31 bits per heavy atom. The van der Waals surface area contributed by atoms with Crippen molar-refractivity contribution < 1.29 is 0 Å². The quantitative estimate of drug-likeness (QED) is 0.728. The monoisotopic (exact) mass is 219 g/mol. The Bertz CT molecular complexity index is 309. The van der Waals surface area contributed by atoms with Gasteiger partial charge in [0.15, 0.2) is 0 Å². The number of aromatic nitrogens is 3. The molecule has 1 aromatic heterocycles. The zero-order valence-corrected chi connectivity index (χ0v) is 9.26. The summed E-state index contributed by atoms with van der Waals surface area (Å²) >= 11 is 12.0. The van der Waals surface area contributed by atoms with E-state index in [1.807, 2.05) is 20.8 Å². The van der Waals surface area contributed by atoms with Crippen molar-refractivity contribution >= 4 is 28.4 Å². The first-order chi connectivity index (χ1) is 5.93. The SMILES string of the molecule is CC(C)(C)/C(Cl)=C(/Cl)n1cncn1. The first-order valence-electron chi connectivity index (χ1n) is 3.83. The van der Waals surface area contributed by atoms with Gasteiger partial charge in [-0.3, -0.25) is 0 Å². The molecular weight excluding hydrogens is 209 g/mol. The zero-order valence-electron chi connectivity index (χ0n) is 7.75. The Hall–Kier alpha value is -0.540. The van der Waals surface area contributed by atoms with Gasteiger partial charge in [-0.2, -0.15) is 5.10 Å². The molecule has 0 amide bonds. The molecule has 5 heteroatoms. The fourth-order valence-corrected chi connectivity index (χ4v) is 1.18. The molecule has 1 aromatic rings. The van der Waals surface area contributed by atoms with Gasteiger partial charge < -0.3 is 0 Å². The van der Waals surface area contributed by atoms with Crippen LogP contribution in [0.15, 0.2) is 17.7 Å². The summed E-state index contributed by atoms with van der Waals surface area (Å²) in [6, 6.07) is 0. The van der Waals surface area contributed by atoms with Crippen molar-refractivity contribution in [1.29, 1.82) is 0 Å². The standard InChI is InChI=1S/C8H11Cl2N3/c1-8(2,3)6(9)7(10)13-5-11-4-12-13/h4-5H,1-3H3/b7-6+. The van der Waals surface area contributed by atoms with Crippen molar-refractivity contribution in [3.63, 3.8) is 0 Å². The molecule has 0 aliphatic rings. The van der Waals surface area contributed by atoms with Crippen molar-refractivity contribution in [3.8, 4) is 0 Å². The van der Waals surface area contributed by atoms with Gasteiger partial charge >= 0.3 is 0 Å². The van der Waals surface area contributed by atoms with E-state index in [0.29, 0.717) is 10.2 Å². The van der Waals surface area contributed by atoms with Crippen molar-refractivity contribution in [2.75, 3.05) is 0 Å². The summed E-state index contributed by atoms with van der Waals surface area (Å²) in [7, 11) is 0. The van der Waals surface area contributed by atoms with Crippen molar-refractivity contribution in [1.82, 2.24) is 14.8 Å². The molecule has 0 N–H and O–H groups in total. The lowest BCUT2D eigenvalue weighted by Gasteiger charge is -2.18. The van der Waals surface area contributed by atoms with E-state index in [2.05, 4.69) is 10.1 Å². The number of halogens is 2. The Morgan fingerprint density at radius 1 is 1.31 bits per heavy atom. The maximum Gasteiger partial charge on any atom is 0.147 e. The lowest BCUT2D eigenvalue weighted by atomic mass is 9.97. The van der Waals surface area contributed by atoms with Crippen molar-refractivity contribution in [2.45, 2.75) is 20.8 Å².